The summed E-state index contributed by atoms with van der Waals surface area (Å²) in [5, 5.41) is 35.7. The van der Waals surface area contributed by atoms with Crippen molar-refractivity contribution in [1.82, 2.24) is 0 Å². The van der Waals surface area contributed by atoms with Gasteiger partial charge in [0.25, 0.3) is 0 Å². The van der Waals surface area contributed by atoms with Gasteiger partial charge in [-0.1, -0.05) is 46.6 Å². The van der Waals surface area contributed by atoms with Crippen LogP contribution in [0.25, 0.3) is 0 Å². The third-order valence-electron chi connectivity index (χ3n) is 8.72. The smallest absolute Gasteiger partial charge is 0.333 e. The maximum Gasteiger partial charge on any atom is 0.333 e. The van der Waals surface area contributed by atoms with Crippen molar-refractivity contribution in [3.05, 3.63) is 34.4 Å². The van der Waals surface area contributed by atoms with Crippen LogP contribution in [-0.2, 0) is 28.7 Å². The molecule has 0 aromatic rings. The Morgan fingerprint density at radius 1 is 0.683 bits per heavy atom. The second kappa shape index (κ2) is 15.0. The fourth-order valence-corrected chi connectivity index (χ4v) is 6.84. The topological polar surface area (TPSA) is 176 Å². The highest BCUT2D eigenvalue weighted by molar-refractivity contribution is 6.01. The molecule has 41 heavy (non-hydrogen) atoms. The number of carbonyl (C=O) groups excluding carboxylic acids is 1. The summed E-state index contributed by atoms with van der Waals surface area (Å²) in [5.74, 6) is -3.96. The van der Waals surface area contributed by atoms with Crippen molar-refractivity contribution in [2.75, 3.05) is 6.61 Å². The van der Waals surface area contributed by atoms with Crippen LogP contribution in [0.15, 0.2) is 34.4 Å². The lowest BCUT2D eigenvalue weighted by molar-refractivity contribution is -0.139. The lowest BCUT2D eigenvalue weighted by Crippen LogP contribution is -2.21. The number of unbranched alkanes of at least 4 members (excludes halogenated alkanes) is 3. The first-order valence-electron chi connectivity index (χ1n) is 14.5. The van der Waals surface area contributed by atoms with E-state index in [1.807, 2.05) is 20.8 Å². The molecule has 0 heterocycles. The molecule has 0 spiro atoms. The summed E-state index contributed by atoms with van der Waals surface area (Å²) in [4.78, 5) is 54.7. The van der Waals surface area contributed by atoms with E-state index in [4.69, 9.17) is 25.2 Å². The molecule has 2 saturated carbocycles. The molecule has 10 heteroatoms. The zero-order valence-electron chi connectivity index (χ0n) is 24.5. The zero-order chi connectivity index (χ0) is 31.0. The van der Waals surface area contributed by atoms with Gasteiger partial charge in [0.15, 0.2) is 0 Å². The van der Waals surface area contributed by atoms with E-state index in [0.717, 1.165) is 25.7 Å². The molecule has 2 fully saturated rings. The molecule has 0 radical (unpaired) electrons. The highest BCUT2D eigenvalue weighted by Gasteiger charge is 2.49. The van der Waals surface area contributed by atoms with Gasteiger partial charge in [-0.15, -0.1) is 0 Å². The van der Waals surface area contributed by atoms with Crippen molar-refractivity contribution < 1.29 is 49.1 Å². The predicted molar refractivity (Wildman–Crippen MR) is 150 cm³/mol. The van der Waals surface area contributed by atoms with Crippen molar-refractivity contribution in [1.29, 1.82) is 0 Å². The number of carbonyl (C=O) groups is 5. The highest BCUT2D eigenvalue weighted by Crippen LogP contribution is 2.52. The van der Waals surface area contributed by atoms with E-state index >= 15 is 0 Å². The van der Waals surface area contributed by atoms with E-state index in [0.29, 0.717) is 36.9 Å². The minimum absolute atomic E-state index is 0.0291. The molecule has 0 amide bonds. The van der Waals surface area contributed by atoms with Crippen LogP contribution in [0.3, 0.4) is 0 Å². The Bertz CT molecular complexity index is 1050. The minimum Gasteiger partial charge on any atom is -0.478 e. The Balaban J connectivity index is 0.000000216. The Morgan fingerprint density at radius 3 is 1.44 bits per heavy atom. The monoisotopic (exact) mass is 576 g/mol. The normalized spacial score (nSPS) is 27.0. The van der Waals surface area contributed by atoms with Crippen LogP contribution in [0.2, 0.25) is 0 Å². The summed E-state index contributed by atoms with van der Waals surface area (Å²) < 4.78 is 4.82. The van der Waals surface area contributed by atoms with Gasteiger partial charge >= 0.3 is 29.8 Å². The molecule has 4 aliphatic rings. The molecule has 4 N–H and O–H groups in total. The van der Waals surface area contributed by atoms with E-state index in [1.165, 1.54) is 19.3 Å². The molecule has 4 aliphatic carbocycles. The standard InChI is InChI=1S/C11H20O2.2C10H12O4/c1-4-6-7-8-9-10(3)11(12)13-5-2;2*1-4-2-5-3-6(4)8(10(13)14)7(5)9(11)12/h3-9H2,1-2H3;2*4-6H,2-3H2,1H3,(H,11,12)(H,13,14). The minimum atomic E-state index is -1.05. The Labute approximate surface area is 241 Å². The van der Waals surface area contributed by atoms with E-state index in [9.17, 15) is 24.0 Å². The number of ether oxygens (including phenoxy) is 1. The maximum atomic E-state index is 11.1. The fraction of sp³-hybridized carbons (Fsp3) is 0.645. The molecule has 6 unspecified atom stereocenters. The lowest BCUT2D eigenvalue weighted by Gasteiger charge is -2.19. The van der Waals surface area contributed by atoms with E-state index in [1.54, 1.807) is 0 Å². The van der Waals surface area contributed by atoms with Gasteiger partial charge < -0.3 is 25.2 Å². The molecule has 0 aromatic heterocycles. The first kappa shape index (κ1) is 33.8. The number of fused-ring (bicyclic) bond motifs is 4. The van der Waals surface area contributed by atoms with Gasteiger partial charge in [0.1, 0.15) is 0 Å². The lowest BCUT2D eigenvalue weighted by atomic mass is 9.84. The summed E-state index contributed by atoms with van der Waals surface area (Å²) in [7, 11) is 0. The number of esters is 1. The van der Waals surface area contributed by atoms with Crippen molar-refractivity contribution in [3.63, 3.8) is 0 Å². The van der Waals surface area contributed by atoms with Gasteiger partial charge in [-0.05, 0) is 81.0 Å². The highest BCUT2D eigenvalue weighted by atomic mass is 16.5. The van der Waals surface area contributed by atoms with Crippen LogP contribution in [-0.4, -0.2) is 56.9 Å². The molecule has 0 aliphatic heterocycles. The van der Waals surface area contributed by atoms with Crippen LogP contribution >= 0.6 is 0 Å². The van der Waals surface area contributed by atoms with Crippen LogP contribution in [0.5, 0.6) is 0 Å². The fourth-order valence-electron chi connectivity index (χ4n) is 6.84. The SMILES string of the molecule is C=C(CCCCCC)C(=O)OCC.CC1CC2CC1C(C(=O)O)=C2C(=O)O.CC1CC2CC1C(C(=O)O)=C2C(=O)O. The van der Waals surface area contributed by atoms with Crippen molar-refractivity contribution in [2.24, 2.45) is 35.5 Å². The number of hydrogen-bond donors (Lipinski definition) is 4. The summed E-state index contributed by atoms with van der Waals surface area (Å²) in [6.07, 6.45) is 8.52. The third-order valence-corrected chi connectivity index (χ3v) is 8.72. The molecule has 4 bridgehead atoms. The van der Waals surface area contributed by atoms with Crippen molar-refractivity contribution in [3.8, 4) is 0 Å². The largest absolute Gasteiger partial charge is 0.478 e. The number of rotatable bonds is 11. The predicted octanol–water partition coefficient (Wildman–Crippen LogP) is 5.33. The Morgan fingerprint density at radius 2 is 1.10 bits per heavy atom. The average Bonchev–Trinajstić information content (AvgIpc) is 3.65. The Kier molecular flexibility index (Phi) is 12.3. The third kappa shape index (κ3) is 8.07. The molecule has 10 nitrogen and oxygen atoms in total. The molecule has 228 valence electrons. The zero-order valence-corrected chi connectivity index (χ0v) is 24.5. The summed E-state index contributed by atoms with van der Waals surface area (Å²) in [6, 6.07) is 0. The second-order valence-electron chi connectivity index (χ2n) is 11.5. The van der Waals surface area contributed by atoms with Crippen LogP contribution in [0, 0.1) is 35.5 Å². The van der Waals surface area contributed by atoms with Gasteiger partial charge in [0.05, 0.1) is 28.9 Å². The second-order valence-corrected chi connectivity index (χ2v) is 11.5. The summed E-state index contributed by atoms with van der Waals surface area (Å²) in [6.45, 7) is 12.1. The summed E-state index contributed by atoms with van der Waals surface area (Å²) in [5.41, 5.74) is 1.22. The molecular weight excluding hydrogens is 532 g/mol. The van der Waals surface area contributed by atoms with Crippen molar-refractivity contribution >= 4 is 29.8 Å². The summed E-state index contributed by atoms with van der Waals surface area (Å²) >= 11 is 0. The van der Waals surface area contributed by atoms with Gasteiger partial charge in [-0.3, -0.25) is 0 Å². The number of carboxylic acids is 4. The molecule has 0 aromatic carbocycles. The Hall–Kier alpha value is -3.43. The average molecular weight is 577 g/mol. The number of carboxylic acid groups (broad SMARTS) is 4. The van der Waals surface area contributed by atoms with Crippen LogP contribution < -0.4 is 0 Å². The van der Waals surface area contributed by atoms with Crippen LogP contribution in [0.1, 0.15) is 85.5 Å². The molecule has 0 saturated heterocycles. The first-order chi connectivity index (χ1) is 19.3. The van der Waals surface area contributed by atoms with E-state index in [2.05, 4.69) is 13.5 Å². The van der Waals surface area contributed by atoms with Crippen molar-refractivity contribution in [2.45, 2.75) is 85.5 Å². The first-order valence-corrected chi connectivity index (χ1v) is 14.5. The molecule has 4 rings (SSSR count). The maximum absolute atomic E-state index is 11.1. The molecular formula is C31H44O10. The van der Waals surface area contributed by atoms with Gasteiger partial charge in [0.2, 0.25) is 0 Å². The molecule has 6 atom stereocenters. The van der Waals surface area contributed by atoms with Gasteiger partial charge in [-0.25, -0.2) is 24.0 Å². The number of hydrogen-bond acceptors (Lipinski definition) is 6. The number of aliphatic carboxylic acids is 4. The van der Waals surface area contributed by atoms with Gasteiger partial charge in [0, 0.05) is 5.57 Å². The van der Waals surface area contributed by atoms with Crippen LogP contribution in [0.4, 0.5) is 0 Å². The van der Waals surface area contributed by atoms with E-state index in [-0.39, 0.29) is 51.9 Å². The quantitative estimate of drug-likeness (QED) is 0.143. The van der Waals surface area contributed by atoms with Gasteiger partial charge in [-0.2, -0.15) is 0 Å². The van der Waals surface area contributed by atoms with E-state index < -0.39 is 23.9 Å².